The molecule has 2 saturated heterocycles. The van der Waals surface area contributed by atoms with Crippen molar-refractivity contribution in [3.8, 4) is 11.1 Å². The Morgan fingerprint density at radius 2 is 1.80 bits per heavy atom. The highest BCUT2D eigenvalue weighted by molar-refractivity contribution is 7.17. The summed E-state index contributed by atoms with van der Waals surface area (Å²) in [6, 6.07) is 10.6. The van der Waals surface area contributed by atoms with Crippen molar-refractivity contribution in [3.05, 3.63) is 41.5 Å². The Labute approximate surface area is 181 Å². The number of thiophene rings is 1. The first-order valence-electron chi connectivity index (χ1n) is 10.8. The second kappa shape index (κ2) is 8.59. The zero-order valence-corrected chi connectivity index (χ0v) is 18.5. The van der Waals surface area contributed by atoms with E-state index in [4.69, 9.17) is 19.4 Å². The molecule has 0 aliphatic carbocycles. The number of hydrogen-bond acceptors (Lipinski definition) is 6. The smallest absolute Gasteiger partial charge is 0.187 e. The van der Waals surface area contributed by atoms with Crippen LogP contribution in [0.1, 0.15) is 19.7 Å². The van der Waals surface area contributed by atoms with Crippen LogP contribution in [0.3, 0.4) is 0 Å². The molecule has 1 N–H and O–H groups in total. The molecule has 0 saturated carbocycles. The molecular weight excluding hydrogens is 396 g/mol. The fraction of sp³-hybridized carbons (Fsp3) is 0.478. The van der Waals surface area contributed by atoms with Gasteiger partial charge in [0.05, 0.1) is 30.8 Å². The van der Waals surface area contributed by atoms with Gasteiger partial charge >= 0.3 is 0 Å². The lowest BCUT2D eigenvalue weighted by atomic mass is 10.1. The summed E-state index contributed by atoms with van der Waals surface area (Å²) in [4.78, 5) is 15.1. The molecule has 7 heteroatoms. The predicted molar refractivity (Wildman–Crippen MR) is 120 cm³/mol. The van der Waals surface area contributed by atoms with Crippen LogP contribution >= 0.6 is 11.3 Å². The second-order valence-corrected chi connectivity index (χ2v) is 9.22. The zero-order chi connectivity index (χ0) is 20.5. The molecule has 2 atom stereocenters. The van der Waals surface area contributed by atoms with E-state index < -0.39 is 0 Å². The van der Waals surface area contributed by atoms with E-state index in [1.807, 2.05) is 0 Å². The van der Waals surface area contributed by atoms with Crippen molar-refractivity contribution < 1.29 is 14.4 Å². The first-order chi connectivity index (χ1) is 14.7. The van der Waals surface area contributed by atoms with Gasteiger partial charge in [-0.2, -0.15) is 0 Å². The van der Waals surface area contributed by atoms with Crippen molar-refractivity contribution in [2.45, 2.75) is 32.6 Å². The molecule has 0 radical (unpaired) electrons. The molecule has 158 valence electrons. The quantitative estimate of drug-likeness (QED) is 0.696. The number of aromatic nitrogens is 2. The maximum Gasteiger partial charge on any atom is 0.187 e. The van der Waals surface area contributed by atoms with E-state index in [1.165, 1.54) is 21.4 Å². The van der Waals surface area contributed by atoms with Crippen LogP contribution < -0.4 is 9.80 Å². The maximum absolute atomic E-state index is 6.00. The predicted octanol–water partition coefficient (Wildman–Crippen LogP) is 2.39. The summed E-state index contributed by atoms with van der Waals surface area (Å²) in [5, 5.41) is 3.41. The Balaban J connectivity index is 1.59. The molecule has 2 aliphatic heterocycles. The summed E-state index contributed by atoms with van der Waals surface area (Å²) in [5.74, 6) is 1.99. The van der Waals surface area contributed by atoms with E-state index in [1.54, 1.807) is 11.3 Å². The van der Waals surface area contributed by atoms with E-state index in [-0.39, 0.29) is 12.2 Å². The van der Waals surface area contributed by atoms with Crippen LogP contribution in [0.15, 0.2) is 35.7 Å². The molecule has 1 aromatic carbocycles. The van der Waals surface area contributed by atoms with Crippen LogP contribution in [0.25, 0.3) is 21.3 Å². The first kappa shape index (κ1) is 19.9. The van der Waals surface area contributed by atoms with Crippen LogP contribution in [0.5, 0.6) is 0 Å². The van der Waals surface area contributed by atoms with E-state index >= 15 is 0 Å². The van der Waals surface area contributed by atoms with Crippen molar-refractivity contribution in [1.82, 2.24) is 9.97 Å². The van der Waals surface area contributed by atoms with Crippen molar-refractivity contribution >= 4 is 27.4 Å². The van der Waals surface area contributed by atoms with Crippen LogP contribution in [0.4, 0.5) is 5.82 Å². The normalized spacial score (nSPS) is 23.2. The van der Waals surface area contributed by atoms with Gasteiger partial charge in [-0.05, 0) is 19.4 Å². The van der Waals surface area contributed by atoms with Gasteiger partial charge in [0.1, 0.15) is 30.3 Å². The molecular formula is C23H29N4O2S+. The molecule has 5 rings (SSSR count). The fourth-order valence-electron chi connectivity index (χ4n) is 4.52. The minimum absolute atomic E-state index is 0.186. The Kier molecular flexibility index (Phi) is 5.69. The molecule has 2 aliphatic rings. The third-order valence-electron chi connectivity index (χ3n) is 5.87. The van der Waals surface area contributed by atoms with Gasteiger partial charge in [0.2, 0.25) is 0 Å². The molecule has 3 aromatic rings. The number of benzene rings is 1. The summed E-state index contributed by atoms with van der Waals surface area (Å²) in [6.45, 7) is 10.5. The molecule has 0 bridgehead atoms. The molecule has 0 unspecified atom stereocenters. The summed E-state index contributed by atoms with van der Waals surface area (Å²) in [6.07, 6.45) is 0.372. The number of rotatable bonds is 4. The molecule has 0 spiro atoms. The van der Waals surface area contributed by atoms with Crippen LogP contribution in [-0.4, -0.2) is 61.6 Å². The van der Waals surface area contributed by atoms with Crippen LogP contribution in [0.2, 0.25) is 0 Å². The lowest BCUT2D eigenvalue weighted by Gasteiger charge is -2.36. The van der Waals surface area contributed by atoms with E-state index in [0.29, 0.717) is 0 Å². The number of nitrogens with zero attached hydrogens (tertiary/aromatic N) is 3. The van der Waals surface area contributed by atoms with E-state index in [0.717, 1.165) is 62.4 Å². The zero-order valence-electron chi connectivity index (χ0n) is 17.6. The number of hydrogen-bond donors (Lipinski definition) is 1. The number of morpholine rings is 2. The molecule has 0 amide bonds. The SMILES string of the molecule is C[C@@H]1CN(c2nc(C[NH+]3CCOCC3)nc3scc(-c4ccccc4)c23)C[C@@H](C)O1. The number of nitrogens with one attached hydrogen (secondary N) is 1. The standard InChI is InChI=1S/C23H28N4O2S/c1-16-12-27(13-17(2)29-16)22-21-19(18-6-4-3-5-7-18)15-30-23(21)25-20(24-22)14-26-8-10-28-11-9-26/h3-7,15-17H,8-14H2,1-2H3/p+1/t16-,17-/m1/s1. The van der Waals surface area contributed by atoms with E-state index in [2.05, 4.69) is 54.5 Å². The summed E-state index contributed by atoms with van der Waals surface area (Å²) in [5.41, 5.74) is 2.44. The van der Waals surface area contributed by atoms with Gasteiger partial charge in [-0.25, -0.2) is 9.97 Å². The molecule has 4 heterocycles. The maximum atomic E-state index is 6.00. The average Bonchev–Trinajstić information content (AvgIpc) is 3.18. The molecule has 6 nitrogen and oxygen atoms in total. The minimum Gasteiger partial charge on any atom is -0.372 e. The Hall–Kier alpha value is -2.06. The number of anilines is 1. The second-order valence-electron chi connectivity index (χ2n) is 8.36. The van der Waals surface area contributed by atoms with Gasteiger partial charge in [0.15, 0.2) is 5.82 Å². The summed E-state index contributed by atoms with van der Waals surface area (Å²) >= 11 is 1.72. The third-order valence-corrected chi connectivity index (χ3v) is 6.74. The highest BCUT2D eigenvalue weighted by Crippen LogP contribution is 2.39. The van der Waals surface area contributed by atoms with Gasteiger partial charge < -0.3 is 19.3 Å². The van der Waals surface area contributed by atoms with Crippen molar-refractivity contribution in [2.24, 2.45) is 0 Å². The lowest BCUT2D eigenvalue weighted by molar-refractivity contribution is -0.922. The van der Waals surface area contributed by atoms with Crippen LogP contribution in [0, 0.1) is 0 Å². The van der Waals surface area contributed by atoms with Gasteiger partial charge in [-0.1, -0.05) is 30.3 Å². The molecule has 30 heavy (non-hydrogen) atoms. The highest BCUT2D eigenvalue weighted by atomic mass is 32.1. The highest BCUT2D eigenvalue weighted by Gasteiger charge is 2.28. The Morgan fingerprint density at radius 1 is 1.07 bits per heavy atom. The number of quaternary nitrogens is 1. The lowest BCUT2D eigenvalue weighted by Crippen LogP contribution is -3.12. The average molecular weight is 426 g/mol. The first-order valence-corrected chi connectivity index (χ1v) is 11.7. The largest absolute Gasteiger partial charge is 0.372 e. The van der Waals surface area contributed by atoms with Gasteiger partial charge in [0.25, 0.3) is 0 Å². The molecule has 2 fully saturated rings. The van der Waals surface area contributed by atoms with E-state index in [9.17, 15) is 0 Å². The topological polar surface area (TPSA) is 51.9 Å². The van der Waals surface area contributed by atoms with Gasteiger partial charge in [-0.3, -0.25) is 0 Å². The van der Waals surface area contributed by atoms with Crippen LogP contribution in [-0.2, 0) is 16.0 Å². The van der Waals surface area contributed by atoms with Gasteiger partial charge in [-0.15, -0.1) is 11.3 Å². The Bertz CT molecular complexity index is 993. The monoisotopic (exact) mass is 425 g/mol. The summed E-state index contributed by atoms with van der Waals surface area (Å²) in [7, 11) is 0. The number of fused-ring (bicyclic) bond motifs is 1. The Morgan fingerprint density at radius 3 is 2.53 bits per heavy atom. The number of ether oxygens (including phenoxy) is 2. The minimum atomic E-state index is 0.186. The van der Waals surface area contributed by atoms with Crippen molar-refractivity contribution in [1.29, 1.82) is 0 Å². The van der Waals surface area contributed by atoms with Crippen molar-refractivity contribution in [2.75, 3.05) is 44.3 Å². The molecule has 2 aromatic heterocycles. The fourth-order valence-corrected chi connectivity index (χ4v) is 5.48. The summed E-state index contributed by atoms with van der Waals surface area (Å²) < 4.78 is 11.5. The third kappa shape index (κ3) is 4.07. The van der Waals surface area contributed by atoms with Gasteiger partial charge in [0, 0.05) is 24.0 Å². The van der Waals surface area contributed by atoms with Crippen molar-refractivity contribution in [3.63, 3.8) is 0 Å².